The molecular weight excluding hydrogens is 433 g/mol. The zero-order chi connectivity index (χ0) is 22.1. The third kappa shape index (κ3) is 4.45. The smallest absolute Gasteiger partial charge is 0.263 e. The third-order valence-electron chi connectivity index (χ3n) is 5.48. The minimum absolute atomic E-state index is 0.0622. The highest BCUT2D eigenvalue weighted by molar-refractivity contribution is 7.99. The van der Waals surface area contributed by atoms with E-state index in [4.69, 9.17) is 4.98 Å². The zero-order valence-electron chi connectivity index (χ0n) is 17.5. The van der Waals surface area contributed by atoms with Crippen molar-refractivity contribution < 1.29 is 9.18 Å². The maximum Gasteiger partial charge on any atom is 0.263 e. The number of halogens is 1. The summed E-state index contributed by atoms with van der Waals surface area (Å²) in [6.07, 6.45) is 4.63. The maximum atomic E-state index is 13.7. The fourth-order valence-electron chi connectivity index (χ4n) is 3.80. The van der Waals surface area contributed by atoms with E-state index in [1.165, 1.54) is 22.7 Å². The highest BCUT2D eigenvalue weighted by atomic mass is 32.2. The summed E-state index contributed by atoms with van der Waals surface area (Å²) in [7, 11) is 0. The normalized spacial score (nSPS) is 15.6. The van der Waals surface area contributed by atoms with Gasteiger partial charge in [0.15, 0.2) is 5.16 Å². The number of nitrogens with zero attached hydrogens (tertiary/aromatic N) is 2. The number of benzene rings is 1. The van der Waals surface area contributed by atoms with E-state index in [1.807, 2.05) is 0 Å². The summed E-state index contributed by atoms with van der Waals surface area (Å²) < 4.78 is 15.3. The van der Waals surface area contributed by atoms with E-state index in [2.05, 4.69) is 18.8 Å². The number of anilines is 1. The Morgan fingerprint density at radius 1 is 1.48 bits per heavy atom. The lowest BCUT2D eigenvalue weighted by Gasteiger charge is -2.17. The number of nitrogens with one attached hydrogen (secondary N) is 1. The Labute approximate surface area is 188 Å². The first-order valence-electron chi connectivity index (χ1n) is 10.2. The van der Waals surface area contributed by atoms with Crippen LogP contribution in [0.5, 0.6) is 0 Å². The summed E-state index contributed by atoms with van der Waals surface area (Å²) >= 11 is 2.79. The molecule has 0 aliphatic heterocycles. The van der Waals surface area contributed by atoms with Crippen LogP contribution in [0.1, 0.15) is 29.3 Å². The van der Waals surface area contributed by atoms with Gasteiger partial charge in [0.25, 0.3) is 5.56 Å². The molecule has 162 valence electrons. The minimum Gasteiger partial charge on any atom is -0.325 e. The Balaban J connectivity index is 1.59. The van der Waals surface area contributed by atoms with Gasteiger partial charge in [-0.3, -0.25) is 14.2 Å². The van der Waals surface area contributed by atoms with Crippen molar-refractivity contribution in [2.45, 2.75) is 44.8 Å². The number of amides is 1. The van der Waals surface area contributed by atoms with Gasteiger partial charge in [-0.2, -0.15) is 0 Å². The second kappa shape index (κ2) is 8.96. The Bertz CT molecular complexity index is 1230. The Kier molecular flexibility index (Phi) is 6.29. The van der Waals surface area contributed by atoms with E-state index in [1.54, 1.807) is 41.0 Å². The molecule has 0 saturated carbocycles. The van der Waals surface area contributed by atoms with Gasteiger partial charge in [0.2, 0.25) is 5.91 Å². The van der Waals surface area contributed by atoms with Crippen LogP contribution in [0.2, 0.25) is 0 Å². The molecule has 1 atom stereocenters. The molecule has 1 aliphatic rings. The SMILES string of the molecule is C=CCn1c(SCC(=O)Nc2ccc(C)c(F)c2)nc2sc3c(c2c1=O)CCC(C)C3. The highest BCUT2D eigenvalue weighted by Crippen LogP contribution is 2.36. The Morgan fingerprint density at radius 2 is 2.29 bits per heavy atom. The predicted molar refractivity (Wildman–Crippen MR) is 126 cm³/mol. The van der Waals surface area contributed by atoms with Crippen molar-refractivity contribution in [2.75, 3.05) is 11.1 Å². The molecule has 2 heterocycles. The lowest BCUT2D eigenvalue weighted by Crippen LogP contribution is -2.24. The van der Waals surface area contributed by atoms with Crippen molar-refractivity contribution in [1.29, 1.82) is 0 Å². The molecular formula is C23H24FN3O2S2. The minimum atomic E-state index is -0.367. The zero-order valence-corrected chi connectivity index (χ0v) is 19.2. The molecule has 5 nitrogen and oxygen atoms in total. The predicted octanol–water partition coefficient (Wildman–Crippen LogP) is 4.95. The van der Waals surface area contributed by atoms with Gasteiger partial charge in [0.05, 0.1) is 11.1 Å². The van der Waals surface area contributed by atoms with Crippen molar-refractivity contribution in [3.05, 3.63) is 63.0 Å². The molecule has 1 N–H and O–H groups in total. The summed E-state index contributed by atoms with van der Waals surface area (Å²) in [5.74, 6) is 0.0210. The molecule has 0 fully saturated rings. The van der Waals surface area contributed by atoms with Gasteiger partial charge in [0, 0.05) is 17.1 Å². The largest absolute Gasteiger partial charge is 0.325 e. The lowest BCUT2D eigenvalue weighted by molar-refractivity contribution is -0.113. The van der Waals surface area contributed by atoms with Crippen molar-refractivity contribution in [3.8, 4) is 0 Å². The van der Waals surface area contributed by atoms with Crippen LogP contribution in [-0.2, 0) is 24.2 Å². The first-order chi connectivity index (χ1) is 14.9. The second-order valence-electron chi connectivity index (χ2n) is 7.93. The Morgan fingerprint density at radius 3 is 3.03 bits per heavy atom. The fourth-order valence-corrected chi connectivity index (χ4v) is 6.04. The standard InChI is InChI=1S/C23H24FN3O2S2/c1-4-9-27-22(29)20-16-8-5-13(2)10-18(16)31-21(20)26-23(27)30-12-19(28)25-15-7-6-14(3)17(24)11-15/h4,6-7,11,13H,1,5,8-10,12H2,2-3H3,(H,25,28). The molecule has 31 heavy (non-hydrogen) atoms. The van der Waals surface area contributed by atoms with Gasteiger partial charge in [0.1, 0.15) is 10.6 Å². The van der Waals surface area contributed by atoms with Crippen LogP contribution in [0, 0.1) is 18.7 Å². The molecule has 0 saturated heterocycles. The van der Waals surface area contributed by atoms with Gasteiger partial charge in [-0.25, -0.2) is 9.37 Å². The molecule has 8 heteroatoms. The number of carbonyl (C=O) groups excluding carboxylic acids is 1. The van der Waals surface area contributed by atoms with Crippen LogP contribution in [0.3, 0.4) is 0 Å². The molecule has 3 aromatic rings. The van der Waals surface area contributed by atoms with Crippen LogP contribution in [0.4, 0.5) is 10.1 Å². The van der Waals surface area contributed by atoms with Gasteiger partial charge >= 0.3 is 0 Å². The van der Waals surface area contributed by atoms with Gasteiger partial charge < -0.3 is 5.32 Å². The molecule has 1 amide bonds. The number of rotatable bonds is 6. The number of aryl methyl sites for hydroxylation is 2. The number of hydrogen-bond acceptors (Lipinski definition) is 5. The first-order valence-corrected chi connectivity index (χ1v) is 12.0. The number of allylic oxidation sites excluding steroid dienone is 1. The van der Waals surface area contributed by atoms with E-state index in [0.717, 1.165) is 35.0 Å². The molecule has 0 spiro atoms. The number of fused-ring (bicyclic) bond motifs is 3. The van der Waals surface area contributed by atoms with Crippen LogP contribution >= 0.6 is 23.1 Å². The van der Waals surface area contributed by atoms with Crippen molar-refractivity contribution in [1.82, 2.24) is 9.55 Å². The summed E-state index contributed by atoms with van der Waals surface area (Å²) in [5, 5.41) is 3.91. The average Bonchev–Trinajstić information content (AvgIpc) is 3.09. The van der Waals surface area contributed by atoms with Gasteiger partial charge in [-0.1, -0.05) is 30.8 Å². The van der Waals surface area contributed by atoms with Crippen molar-refractivity contribution in [2.24, 2.45) is 5.92 Å². The molecule has 1 aliphatic carbocycles. The van der Waals surface area contributed by atoms with Crippen molar-refractivity contribution in [3.63, 3.8) is 0 Å². The van der Waals surface area contributed by atoms with Gasteiger partial charge in [-0.05, 0) is 55.4 Å². The number of carbonyl (C=O) groups is 1. The Hall–Kier alpha value is -2.45. The molecule has 1 aromatic carbocycles. The second-order valence-corrected chi connectivity index (χ2v) is 9.96. The maximum absolute atomic E-state index is 13.7. The summed E-state index contributed by atoms with van der Waals surface area (Å²) in [4.78, 5) is 32.4. The molecule has 0 radical (unpaired) electrons. The highest BCUT2D eigenvalue weighted by Gasteiger charge is 2.24. The van der Waals surface area contributed by atoms with Crippen molar-refractivity contribution >= 4 is 44.9 Å². The van der Waals surface area contributed by atoms with E-state index in [-0.39, 0.29) is 23.0 Å². The van der Waals surface area contributed by atoms with Crippen LogP contribution < -0.4 is 10.9 Å². The van der Waals surface area contributed by atoms with Crippen LogP contribution in [-0.4, -0.2) is 21.2 Å². The van der Waals surface area contributed by atoms with Gasteiger partial charge in [-0.15, -0.1) is 17.9 Å². The topological polar surface area (TPSA) is 64.0 Å². The number of hydrogen-bond donors (Lipinski definition) is 1. The van der Waals surface area contributed by atoms with E-state index in [0.29, 0.717) is 28.9 Å². The van der Waals surface area contributed by atoms with E-state index in [9.17, 15) is 14.0 Å². The van der Waals surface area contributed by atoms with E-state index < -0.39 is 0 Å². The number of thiophene rings is 1. The number of thioether (sulfide) groups is 1. The summed E-state index contributed by atoms with van der Waals surface area (Å²) in [6.45, 7) is 7.99. The quantitative estimate of drug-likeness (QED) is 0.323. The number of aromatic nitrogens is 2. The molecule has 1 unspecified atom stereocenters. The lowest BCUT2D eigenvalue weighted by atomic mass is 9.89. The average molecular weight is 458 g/mol. The molecule has 4 rings (SSSR count). The monoisotopic (exact) mass is 457 g/mol. The van der Waals surface area contributed by atoms with Crippen LogP contribution in [0.15, 0.2) is 40.8 Å². The third-order valence-corrected chi connectivity index (χ3v) is 7.60. The fraction of sp³-hybridized carbons (Fsp3) is 0.348. The van der Waals surface area contributed by atoms with Crippen LogP contribution in [0.25, 0.3) is 10.2 Å². The summed E-state index contributed by atoms with van der Waals surface area (Å²) in [5.41, 5.74) is 2.00. The molecule has 2 aromatic heterocycles. The van der Waals surface area contributed by atoms with E-state index >= 15 is 0 Å². The summed E-state index contributed by atoms with van der Waals surface area (Å²) in [6, 6.07) is 4.58. The molecule has 0 bridgehead atoms. The first kappa shape index (κ1) is 21.8.